The monoisotopic (exact) mass is 651 g/mol. The van der Waals surface area contributed by atoms with Crippen molar-refractivity contribution in [3.05, 3.63) is 161 Å². The van der Waals surface area contributed by atoms with E-state index >= 15 is 14.4 Å². The SMILES string of the molecule is COc1ccc(C2=C(c3ccc(OC)cc3)[C@@]3(c4ccccc4)C(=O)[C@@]2(c2ccccc2)[C@@H]2C(=O)N(c4cccc(Cl)c4)C(=O)[C@@H]23)cc1. The second-order valence-corrected chi connectivity index (χ2v) is 12.8. The molecule has 0 radical (unpaired) electrons. The van der Waals surface area contributed by atoms with Crippen LogP contribution in [0, 0.1) is 11.8 Å². The van der Waals surface area contributed by atoms with Crippen molar-refractivity contribution >= 4 is 46.0 Å². The fraction of sp³-hybridized carbons (Fsp3) is 0.146. The maximum Gasteiger partial charge on any atom is 0.239 e. The molecule has 0 N–H and O–H groups in total. The first-order valence-electron chi connectivity index (χ1n) is 15.7. The van der Waals surface area contributed by atoms with Crippen molar-refractivity contribution < 1.29 is 23.9 Å². The van der Waals surface area contributed by atoms with Gasteiger partial charge in [-0.3, -0.25) is 14.4 Å². The summed E-state index contributed by atoms with van der Waals surface area (Å²) in [6.07, 6.45) is 0. The van der Waals surface area contributed by atoms with E-state index in [0.29, 0.717) is 44.5 Å². The van der Waals surface area contributed by atoms with E-state index in [0.717, 1.165) is 11.1 Å². The van der Waals surface area contributed by atoms with Crippen LogP contribution in [0.2, 0.25) is 5.02 Å². The molecule has 6 nitrogen and oxygen atoms in total. The highest BCUT2D eigenvalue weighted by molar-refractivity contribution is 6.39. The summed E-state index contributed by atoms with van der Waals surface area (Å²) in [4.78, 5) is 47.3. The van der Waals surface area contributed by atoms with Gasteiger partial charge in [-0.15, -0.1) is 0 Å². The molecule has 5 aromatic rings. The highest BCUT2D eigenvalue weighted by atomic mass is 35.5. The van der Waals surface area contributed by atoms with Gasteiger partial charge in [-0.25, -0.2) is 4.90 Å². The number of amides is 2. The molecule has 0 spiro atoms. The number of benzene rings is 5. The Kier molecular flexibility index (Phi) is 6.90. The Morgan fingerprint density at radius 1 is 0.562 bits per heavy atom. The lowest BCUT2D eigenvalue weighted by Crippen LogP contribution is -2.45. The van der Waals surface area contributed by atoms with E-state index in [1.165, 1.54) is 4.90 Å². The van der Waals surface area contributed by atoms with Crippen LogP contribution in [-0.2, 0) is 25.2 Å². The molecule has 2 bridgehead atoms. The van der Waals surface area contributed by atoms with E-state index in [1.807, 2.05) is 109 Å². The number of hydrogen-bond acceptors (Lipinski definition) is 5. The Morgan fingerprint density at radius 2 is 1.00 bits per heavy atom. The Bertz CT molecular complexity index is 2000. The molecular formula is C41H30ClNO5. The first-order chi connectivity index (χ1) is 23.4. The standard InChI is InChI=1S/C41H30ClNO5/c1-47-31-20-16-25(17-21-31)33-34(26-18-22-32(48-2)23-19-26)41(28-12-7-4-8-13-28)36-35(40(33,39(41)46)27-10-5-3-6-11-27)37(44)43(38(36)45)30-15-9-14-29(42)24-30/h3-24,35-36H,1-2H3/t35-,36+,40-,41-/m1/s1. The molecule has 2 amide bonds. The molecule has 5 aromatic carbocycles. The minimum atomic E-state index is -1.51. The minimum Gasteiger partial charge on any atom is -0.497 e. The first-order valence-corrected chi connectivity index (χ1v) is 16.1. The van der Waals surface area contributed by atoms with Gasteiger partial charge in [0, 0.05) is 5.02 Å². The molecule has 0 unspecified atom stereocenters. The van der Waals surface area contributed by atoms with Crippen LogP contribution in [0.15, 0.2) is 133 Å². The Hall–Kier alpha value is -5.46. The summed E-state index contributed by atoms with van der Waals surface area (Å²) >= 11 is 6.40. The third-order valence-electron chi connectivity index (χ3n) is 10.3. The summed E-state index contributed by atoms with van der Waals surface area (Å²) in [6, 6.07) is 40.8. The van der Waals surface area contributed by atoms with Gasteiger partial charge in [0.05, 0.1) is 42.6 Å². The number of imide groups is 1. The number of rotatable bonds is 7. The summed E-state index contributed by atoms with van der Waals surface area (Å²) < 4.78 is 11.0. The van der Waals surface area contributed by atoms with Crippen molar-refractivity contribution in [2.45, 2.75) is 10.8 Å². The molecule has 3 aliphatic rings. The largest absolute Gasteiger partial charge is 0.497 e. The van der Waals surface area contributed by atoms with Crippen molar-refractivity contribution in [3.63, 3.8) is 0 Å². The number of hydrogen-bond donors (Lipinski definition) is 0. The third-order valence-corrected chi connectivity index (χ3v) is 10.5. The summed E-state index contributed by atoms with van der Waals surface area (Å²) in [5, 5.41) is 0.399. The van der Waals surface area contributed by atoms with Gasteiger partial charge < -0.3 is 9.47 Å². The predicted molar refractivity (Wildman–Crippen MR) is 185 cm³/mol. The number of ether oxygens (including phenoxy) is 2. The Morgan fingerprint density at radius 3 is 1.40 bits per heavy atom. The van der Waals surface area contributed by atoms with E-state index in [9.17, 15) is 0 Å². The van der Waals surface area contributed by atoms with Gasteiger partial charge >= 0.3 is 0 Å². The highest BCUT2D eigenvalue weighted by Crippen LogP contribution is 2.74. The summed E-state index contributed by atoms with van der Waals surface area (Å²) in [6.45, 7) is 0. The zero-order valence-electron chi connectivity index (χ0n) is 26.2. The van der Waals surface area contributed by atoms with Gasteiger partial charge in [-0.2, -0.15) is 0 Å². The molecule has 236 valence electrons. The molecule has 2 aliphatic carbocycles. The van der Waals surface area contributed by atoms with Crippen LogP contribution < -0.4 is 14.4 Å². The molecular weight excluding hydrogens is 622 g/mol. The van der Waals surface area contributed by atoms with E-state index < -0.39 is 34.5 Å². The van der Waals surface area contributed by atoms with Gasteiger partial charge in [0.15, 0.2) is 5.78 Å². The number of allylic oxidation sites excluding steroid dienone is 2. The van der Waals surface area contributed by atoms with Crippen LogP contribution in [0.5, 0.6) is 11.5 Å². The second kappa shape index (κ2) is 11.1. The number of carbonyl (C=O) groups is 3. The van der Waals surface area contributed by atoms with E-state index in [1.54, 1.807) is 38.5 Å². The molecule has 1 aliphatic heterocycles. The normalized spacial score (nSPS) is 24.3. The van der Waals surface area contributed by atoms with Gasteiger partial charge in [0.1, 0.15) is 11.5 Å². The molecule has 4 atom stereocenters. The van der Waals surface area contributed by atoms with Crippen molar-refractivity contribution in [3.8, 4) is 11.5 Å². The molecule has 8 rings (SSSR count). The first kappa shape index (κ1) is 29.9. The summed E-state index contributed by atoms with van der Waals surface area (Å²) in [5.74, 6) is -1.79. The van der Waals surface area contributed by atoms with Crippen molar-refractivity contribution in [1.82, 2.24) is 0 Å². The molecule has 48 heavy (non-hydrogen) atoms. The third kappa shape index (κ3) is 3.84. The fourth-order valence-corrected chi connectivity index (χ4v) is 8.69. The van der Waals surface area contributed by atoms with Crippen molar-refractivity contribution in [1.29, 1.82) is 0 Å². The molecule has 7 heteroatoms. The molecule has 1 saturated carbocycles. The number of Topliss-reactive ketones (excluding diaryl/α,β-unsaturated/α-hetero) is 1. The summed E-state index contributed by atoms with van der Waals surface area (Å²) in [7, 11) is 3.21. The zero-order valence-corrected chi connectivity index (χ0v) is 27.0. The number of nitrogens with zero attached hydrogens (tertiary/aromatic N) is 1. The Labute approximate surface area is 283 Å². The molecule has 1 saturated heterocycles. The molecule has 0 aromatic heterocycles. The van der Waals surface area contributed by atoms with Crippen molar-refractivity contribution in [2.24, 2.45) is 11.8 Å². The van der Waals surface area contributed by atoms with Gasteiger partial charge in [0.25, 0.3) is 0 Å². The quantitative estimate of drug-likeness (QED) is 0.170. The second-order valence-electron chi connectivity index (χ2n) is 12.3. The maximum atomic E-state index is 16.0. The van der Waals surface area contributed by atoms with Crippen molar-refractivity contribution in [2.75, 3.05) is 19.1 Å². The maximum absolute atomic E-state index is 16.0. The Balaban J connectivity index is 1.55. The average Bonchev–Trinajstić information content (AvgIpc) is 3.64. The van der Waals surface area contributed by atoms with E-state index in [4.69, 9.17) is 21.1 Å². The lowest BCUT2D eigenvalue weighted by molar-refractivity contribution is -0.130. The fourth-order valence-electron chi connectivity index (χ4n) is 8.51. The van der Waals surface area contributed by atoms with E-state index in [-0.39, 0.29) is 5.78 Å². The topological polar surface area (TPSA) is 72.9 Å². The number of anilines is 1. The lowest BCUT2D eigenvalue weighted by Gasteiger charge is -2.39. The molecule has 2 fully saturated rings. The van der Waals surface area contributed by atoms with Crippen LogP contribution in [0.3, 0.4) is 0 Å². The number of methoxy groups -OCH3 is 2. The van der Waals surface area contributed by atoms with Crippen LogP contribution in [-0.4, -0.2) is 31.8 Å². The smallest absolute Gasteiger partial charge is 0.239 e. The number of carbonyl (C=O) groups excluding carboxylic acids is 3. The zero-order chi connectivity index (χ0) is 33.2. The molecule has 1 heterocycles. The summed E-state index contributed by atoms with van der Waals surface area (Å²) in [5.41, 5.74) is 1.60. The average molecular weight is 652 g/mol. The number of halogens is 1. The predicted octanol–water partition coefficient (Wildman–Crippen LogP) is 7.55. The van der Waals surface area contributed by atoms with Crippen LogP contribution in [0.1, 0.15) is 22.3 Å². The van der Waals surface area contributed by atoms with Gasteiger partial charge in [-0.1, -0.05) is 103 Å². The lowest BCUT2D eigenvalue weighted by atomic mass is 9.59. The minimum absolute atomic E-state index is 0.188. The van der Waals surface area contributed by atoms with Crippen LogP contribution >= 0.6 is 11.6 Å². The number of ketones is 1. The number of fused-ring (bicyclic) bond motifs is 5. The van der Waals surface area contributed by atoms with Crippen LogP contribution in [0.4, 0.5) is 5.69 Å². The van der Waals surface area contributed by atoms with Crippen LogP contribution in [0.25, 0.3) is 11.1 Å². The van der Waals surface area contributed by atoms with Gasteiger partial charge in [-0.05, 0) is 75.9 Å². The van der Waals surface area contributed by atoms with E-state index in [2.05, 4.69) is 0 Å². The highest BCUT2D eigenvalue weighted by Gasteiger charge is 2.82. The van der Waals surface area contributed by atoms with Gasteiger partial charge in [0.2, 0.25) is 11.8 Å².